The largest absolute Gasteiger partial charge is 0.508 e. The van der Waals surface area contributed by atoms with E-state index in [1.54, 1.807) is 48.5 Å². The number of hydrogen-bond donors (Lipinski definition) is 2. The summed E-state index contributed by atoms with van der Waals surface area (Å²) in [5.41, 5.74) is 1.23. The van der Waals surface area contributed by atoms with Crippen molar-refractivity contribution < 1.29 is 19.7 Å². The highest BCUT2D eigenvalue weighted by atomic mass is 16.5. The quantitative estimate of drug-likeness (QED) is 0.706. The maximum atomic E-state index is 9.34. The average molecular weight is 320 g/mol. The Morgan fingerprint density at radius 3 is 1.67 bits per heavy atom. The third kappa shape index (κ3) is 3.43. The highest BCUT2D eigenvalue weighted by molar-refractivity contribution is 5.55. The highest BCUT2D eigenvalue weighted by Gasteiger charge is 2.12. The fraction of sp³-hybridized carbons (Fsp3) is 0. The first-order valence-corrected chi connectivity index (χ1v) is 7.27. The van der Waals surface area contributed by atoms with Crippen LogP contribution in [0.4, 0.5) is 0 Å². The molecule has 0 spiro atoms. The molecule has 0 saturated carbocycles. The third-order valence-corrected chi connectivity index (χ3v) is 3.42. The molecule has 0 aliphatic heterocycles. The van der Waals surface area contributed by atoms with Crippen LogP contribution in [0, 0.1) is 13.8 Å². The van der Waals surface area contributed by atoms with Gasteiger partial charge in [-0.1, -0.05) is 6.07 Å². The Balaban J connectivity index is 1.89. The lowest BCUT2D eigenvalue weighted by molar-refractivity contribution is 0.448. The Morgan fingerprint density at radius 1 is 0.625 bits per heavy atom. The van der Waals surface area contributed by atoms with E-state index in [2.05, 4.69) is 13.8 Å². The molecule has 0 aliphatic rings. The van der Waals surface area contributed by atoms with Crippen molar-refractivity contribution >= 4 is 0 Å². The summed E-state index contributed by atoms with van der Waals surface area (Å²) in [4.78, 5) is 0. The van der Waals surface area contributed by atoms with Crippen LogP contribution in [0.5, 0.6) is 34.5 Å². The summed E-state index contributed by atoms with van der Waals surface area (Å²) in [5.74, 6) is 2.49. The molecular formula is C20H16O4. The summed E-state index contributed by atoms with van der Waals surface area (Å²) >= 11 is 0. The molecule has 0 aliphatic carbocycles. The average Bonchev–Trinajstić information content (AvgIpc) is 2.58. The molecule has 0 atom stereocenters. The SMILES string of the molecule is [CH2]c1ccc(Oc2ccc(O)cc2)c([CH2])c1Oc1ccc(O)cc1. The van der Waals surface area contributed by atoms with Gasteiger partial charge in [0, 0.05) is 5.56 Å². The van der Waals surface area contributed by atoms with Crippen molar-refractivity contribution in [1.82, 2.24) is 0 Å². The second kappa shape index (κ2) is 6.54. The zero-order valence-corrected chi connectivity index (χ0v) is 12.9. The summed E-state index contributed by atoms with van der Waals surface area (Å²) < 4.78 is 11.6. The van der Waals surface area contributed by atoms with Crippen LogP contribution < -0.4 is 9.47 Å². The van der Waals surface area contributed by atoms with Gasteiger partial charge in [0.25, 0.3) is 0 Å². The lowest BCUT2D eigenvalue weighted by atomic mass is 10.1. The van der Waals surface area contributed by atoms with Crippen molar-refractivity contribution in [1.29, 1.82) is 0 Å². The number of rotatable bonds is 4. The van der Waals surface area contributed by atoms with E-state index in [1.807, 2.05) is 0 Å². The van der Waals surface area contributed by atoms with Gasteiger partial charge in [0.2, 0.25) is 0 Å². The van der Waals surface area contributed by atoms with Crippen LogP contribution in [0.25, 0.3) is 0 Å². The molecule has 0 heterocycles. The zero-order valence-electron chi connectivity index (χ0n) is 12.9. The summed E-state index contributed by atoms with van der Waals surface area (Å²) in [5, 5.41) is 18.7. The first-order valence-electron chi connectivity index (χ1n) is 7.27. The Hall–Kier alpha value is -3.14. The Morgan fingerprint density at radius 2 is 1.12 bits per heavy atom. The lowest BCUT2D eigenvalue weighted by Gasteiger charge is -2.15. The van der Waals surface area contributed by atoms with Gasteiger partial charge in [0.15, 0.2) is 0 Å². The van der Waals surface area contributed by atoms with Crippen molar-refractivity contribution in [3.8, 4) is 34.5 Å². The molecule has 4 heteroatoms. The molecular weight excluding hydrogens is 304 g/mol. The molecule has 0 fully saturated rings. The Bertz CT molecular complexity index is 837. The number of phenols is 2. The maximum Gasteiger partial charge on any atom is 0.137 e. The van der Waals surface area contributed by atoms with E-state index in [-0.39, 0.29) is 11.5 Å². The van der Waals surface area contributed by atoms with E-state index in [1.165, 1.54) is 12.1 Å². The summed E-state index contributed by atoms with van der Waals surface area (Å²) in [7, 11) is 0. The van der Waals surface area contributed by atoms with Crippen LogP contribution in [-0.4, -0.2) is 10.2 Å². The van der Waals surface area contributed by atoms with Gasteiger partial charge in [-0.2, -0.15) is 0 Å². The van der Waals surface area contributed by atoms with Gasteiger partial charge in [-0.05, 0) is 74.0 Å². The predicted octanol–water partition coefficient (Wildman–Crippen LogP) is 5.05. The van der Waals surface area contributed by atoms with Crippen molar-refractivity contribution in [2.75, 3.05) is 0 Å². The first-order chi connectivity index (χ1) is 11.5. The fourth-order valence-corrected chi connectivity index (χ4v) is 2.15. The van der Waals surface area contributed by atoms with Crippen molar-refractivity contribution in [2.24, 2.45) is 0 Å². The van der Waals surface area contributed by atoms with E-state index < -0.39 is 0 Å². The summed E-state index contributed by atoms with van der Waals surface area (Å²) in [6.07, 6.45) is 0. The topological polar surface area (TPSA) is 58.9 Å². The number of hydrogen-bond acceptors (Lipinski definition) is 4. The molecule has 0 bridgehead atoms. The molecule has 3 aromatic rings. The minimum absolute atomic E-state index is 0.163. The minimum Gasteiger partial charge on any atom is -0.508 e. The first kappa shape index (κ1) is 15.7. The van der Waals surface area contributed by atoms with E-state index in [9.17, 15) is 10.2 Å². The van der Waals surface area contributed by atoms with Crippen LogP contribution in [0.1, 0.15) is 11.1 Å². The molecule has 0 aromatic heterocycles. The molecule has 2 N–H and O–H groups in total. The van der Waals surface area contributed by atoms with Gasteiger partial charge in [-0.3, -0.25) is 0 Å². The van der Waals surface area contributed by atoms with Crippen molar-refractivity contribution in [3.63, 3.8) is 0 Å². The van der Waals surface area contributed by atoms with Gasteiger partial charge < -0.3 is 19.7 Å². The molecule has 3 aromatic carbocycles. The lowest BCUT2D eigenvalue weighted by Crippen LogP contribution is -1.94. The molecule has 120 valence electrons. The van der Waals surface area contributed by atoms with Gasteiger partial charge in [0.05, 0.1) is 0 Å². The van der Waals surface area contributed by atoms with Gasteiger partial charge in [-0.25, -0.2) is 0 Å². The van der Waals surface area contributed by atoms with Crippen molar-refractivity contribution in [2.45, 2.75) is 0 Å². The van der Waals surface area contributed by atoms with Crippen LogP contribution in [0.15, 0.2) is 60.7 Å². The Kier molecular flexibility index (Phi) is 4.29. The molecule has 0 saturated heterocycles. The molecule has 0 amide bonds. The third-order valence-electron chi connectivity index (χ3n) is 3.42. The Labute approximate surface area is 140 Å². The van der Waals surface area contributed by atoms with Crippen LogP contribution in [-0.2, 0) is 0 Å². The maximum absolute atomic E-state index is 9.34. The van der Waals surface area contributed by atoms with Crippen LogP contribution in [0.3, 0.4) is 0 Å². The van der Waals surface area contributed by atoms with E-state index in [0.717, 1.165) is 0 Å². The summed E-state index contributed by atoms with van der Waals surface area (Å²) in [6.45, 7) is 7.97. The number of aromatic hydroxyl groups is 2. The molecule has 24 heavy (non-hydrogen) atoms. The highest BCUT2D eigenvalue weighted by Crippen LogP contribution is 2.37. The van der Waals surface area contributed by atoms with E-state index in [4.69, 9.17) is 9.47 Å². The summed E-state index contributed by atoms with van der Waals surface area (Å²) in [6, 6.07) is 16.3. The minimum atomic E-state index is 0.163. The molecule has 4 nitrogen and oxygen atoms in total. The van der Waals surface area contributed by atoms with Gasteiger partial charge in [0.1, 0.15) is 34.5 Å². The fourth-order valence-electron chi connectivity index (χ4n) is 2.15. The van der Waals surface area contributed by atoms with E-state index >= 15 is 0 Å². The smallest absolute Gasteiger partial charge is 0.137 e. The molecule has 3 rings (SSSR count). The number of ether oxygens (including phenoxy) is 2. The standard InChI is InChI=1S/C20H16O4/c1-13-3-12-19(23-17-8-4-15(21)5-9-17)14(2)20(13)24-18-10-6-16(22)7-11-18/h3-12,21-22H,1-2H2. The van der Waals surface area contributed by atoms with Crippen LogP contribution in [0.2, 0.25) is 0 Å². The normalized spacial score (nSPS) is 10.4. The molecule has 0 unspecified atom stereocenters. The number of benzene rings is 3. The predicted molar refractivity (Wildman–Crippen MR) is 91.7 cm³/mol. The number of phenolic OH excluding ortho intramolecular Hbond substituents is 2. The zero-order chi connectivity index (χ0) is 17.1. The monoisotopic (exact) mass is 320 g/mol. The van der Waals surface area contributed by atoms with Crippen LogP contribution >= 0.6 is 0 Å². The van der Waals surface area contributed by atoms with Gasteiger partial charge in [-0.15, -0.1) is 0 Å². The van der Waals surface area contributed by atoms with E-state index in [0.29, 0.717) is 34.1 Å². The van der Waals surface area contributed by atoms with Crippen molar-refractivity contribution in [3.05, 3.63) is 85.6 Å². The molecule has 2 radical (unpaired) electrons. The van der Waals surface area contributed by atoms with Gasteiger partial charge >= 0.3 is 0 Å². The second-order valence-electron chi connectivity index (χ2n) is 5.22. The second-order valence-corrected chi connectivity index (χ2v) is 5.22.